The molecule has 0 saturated carbocycles. The second kappa shape index (κ2) is 6.55. The van der Waals surface area contributed by atoms with Gasteiger partial charge in [-0.1, -0.05) is 30.3 Å². The number of benzene rings is 1. The van der Waals surface area contributed by atoms with Gasteiger partial charge in [0.15, 0.2) is 0 Å². The first-order valence-corrected chi connectivity index (χ1v) is 8.51. The van der Waals surface area contributed by atoms with Gasteiger partial charge in [0.2, 0.25) is 0 Å². The second-order valence-electron chi connectivity index (χ2n) is 4.74. The molecule has 0 radical (unpaired) electrons. The fourth-order valence-electron chi connectivity index (χ4n) is 1.73. The van der Waals surface area contributed by atoms with Gasteiger partial charge in [-0.15, -0.1) is 11.6 Å². The van der Waals surface area contributed by atoms with Crippen LogP contribution in [0.4, 0.5) is 0 Å². The van der Waals surface area contributed by atoms with Crippen molar-refractivity contribution in [1.82, 2.24) is 5.32 Å². The molecule has 1 atom stereocenters. The van der Waals surface area contributed by atoms with Crippen LogP contribution in [0.2, 0.25) is 0 Å². The second-order valence-corrected chi connectivity index (χ2v) is 7.27. The molecule has 1 aromatic carbocycles. The van der Waals surface area contributed by atoms with Crippen LogP contribution in [0.5, 0.6) is 0 Å². The molecule has 5 heteroatoms. The first-order valence-electron chi connectivity index (χ1n) is 5.92. The highest BCUT2D eigenvalue weighted by Crippen LogP contribution is 2.21. The third-order valence-corrected chi connectivity index (χ3v) is 4.45. The van der Waals surface area contributed by atoms with Crippen LogP contribution in [0.25, 0.3) is 0 Å². The van der Waals surface area contributed by atoms with E-state index in [2.05, 4.69) is 5.32 Å². The predicted octanol–water partition coefficient (Wildman–Crippen LogP) is 2.16. The average Bonchev–Trinajstić information content (AvgIpc) is 2.34. The summed E-state index contributed by atoms with van der Waals surface area (Å²) in [7, 11) is -2.89. The van der Waals surface area contributed by atoms with Crippen molar-refractivity contribution >= 4 is 21.4 Å². The minimum atomic E-state index is -2.89. The number of alkyl halides is 1. The summed E-state index contributed by atoms with van der Waals surface area (Å²) in [6.07, 6.45) is 1.85. The highest BCUT2D eigenvalue weighted by molar-refractivity contribution is 7.90. The maximum atomic E-state index is 11.0. The Morgan fingerprint density at radius 2 is 1.89 bits per heavy atom. The minimum absolute atomic E-state index is 0.202. The van der Waals surface area contributed by atoms with Gasteiger partial charge in [0.05, 0.1) is 11.3 Å². The van der Waals surface area contributed by atoms with E-state index in [1.54, 1.807) is 0 Å². The predicted molar refractivity (Wildman–Crippen MR) is 76.8 cm³/mol. The number of hydrogen-bond acceptors (Lipinski definition) is 3. The van der Waals surface area contributed by atoms with E-state index in [9.17, 15) is 8.42 Å². The van der Waals surface area contributed by atoms with Gasteiger partial charge >= 0.3 is 0 Å². The number of halogens is 1. The number of sulfone groups is 1. The van der Waals surface area contributed by atoms with E-state index >= 15 is 0 Å². The highest BCUT2D eigenvalue weighted by Gasteiger charge is 2.24. The Bertz CT molecular complexity index is 461. The molecule has 1 N–H and O–H groups in total. The molecule has 0 aliphatic carbocycles. The van der Waals surface area contributed by atoms with Gasteiger partial charge in [0, 0.05) is 12.1 Å². The molecular formula is C13H20ClNO2S. The maximum absolute atomic E-state index is 11.0. The molecule has 102 valence electrons. The molecule has 18 heavy (non-hydrogen) atoms. The lowest BCUT2D eigenvalue weighted by Gasteiger charge is -2.29. The van der Waals surface area contributed by atoms with Crippen molar-refractivity contribution < 1.29 is 8.42 Å². The van der Waals surface area contributed by atoms with E-state index in [0.29, 0.717) is 18.8 Å². The van der Waals surface area contributed by atoms with Gasteiger partial charge in [0.25, 0.3) is 0 Å². The van der Waals surface area contributed by atoms with E-state index in [-0.39, 0.29) is 11.3 Å². The van der Waals surface area contributed by atoms with E-state index < -0.39 is 9.84 Å². The third kappa shape index (κ3) is 4.96. The Labute approximate surface area is 114 Å². The van der Waals surface area contributed by atoms with Crippen molar-refractivity contribution in [3.63, 3.8) is 0 Å². The monoisotopic (exact) mass is 289 g/mol. The summed E-state index contributed by atoms with van der Waals surface area (Å²) in [5.41, 5.74) is 0.791. The van der Waals surface area contributed by atoms with Crippen LogP contribution in [0.15, 0.2) is 30.3 Å². The van der Waals surface area contributed by atoms with Crippen LogP contribution < -0.4 is 5.32 Å². The molecule has 0 aromatic heterocycles. The van der Waals surface area contributed by atoms with Gasteiger partial charge in [-0.05, 0) is 25.5 Å². The smallest absolute Gasteiger partial charge is 0.147 e. The Hall–Kier alpha value is -0.580. The fourth-order valence-corrected chi connectivity index (χ4v) is 2.65. The van der Waals surface area contributed by atoms with Crippen molar-refractivity contribution in [3.05, 3.63) is 35.9 Å². The van der Waals surface area contributed by atoms with E-state index in [4.69, 9.17) is 11.6 Å². The average molecular weight is 290 g/mol. The Morgan fingerprint density at radius 1 is 1.28 bits per heavy atom. The molecule has 1 aromatic rings. The van der Waals surface area contributed by atoms with Crippen LogP contribution in [-0.4, -0.2) is 32.9 Å². The zero-order chi connectivity index (χ0) is 13.6. The zero-order valence-electron chi connectivity index (χ0n) is 10.8. The summed E-state index contributed by atoms with van der Waals surface area (Å²) in [6, 6.07) is 9.94. The van der Waals surface area contributed by atoms with Gasteiger partial charge in [-0.2, -0.15) is 0 Å². The van der Waals surface area contributed by atoms with Crippen molar-refractivity contribution in [3.8, 4) is 0 Å². The quantitative estimate of drug-likeness (QED) is 0.618. The largest absolute Gasteiger partial charge is 0.307 e. The first kappa shape index (κ1) is 15.5. The fraction of sp³-hybridized carbons (Fsp3) is 0.538. The lowest BCUT2D eigenvalue weighted by molar-refractivity contribution is 0.409. The van der Waals surface area contributed by atoms with Crippen molar-refractivity contribution in [2.75, 3.05) is 24.4 Å². The Balaban J connectivity index is 2.57. The van der Waals surface area contributed by atoms with Gasteiger partial charge in [-0.3, -0.25) is 0 Å². The van der Waals surface area contributed by atoms with Crippen molar-refractivity contribution in [2.45, 2.75) is 18.9 Å². The summed E-state index contributed by atoms with van der Waals surface area (Å²) in [5.74, 6) is 0.642. The Kier molecular flexibility index (Phi) is 5.63. The zero-order valence-corrected chi connectivity index (χ0v) is 12.4. The molecular weight excluding hydrogens is 270 g/mol. The van der Waals surface area contributed by atoms with Gasteiger partial charge < -0.3 is 5.32 Å². The van der Waals surface area contributed by atoms with Crippen LogP contribution >= 0.6 is 11.6 Å². The summed E-state index contributed by atoms with van der Waals surface area (Å²) < 4.78 is 22.1. The maximum Gasteiger partial charge on any atom is 0.147 e. The lowest BCUT2D eigenvalue weighted by Crippen LogP contribution is -2.42. The normalized spacial score (nSPS) is 15.3. The molecule has 3 nitrogen and oxygen atoms in total. The molecule has 1 unspecified atom stereocenters. The van der Waals surface area contributed by atoms with Crippen LogP contribution in [0.3, 0.4) is 0 Å². The molecule has 0 saturated heterocycles. The highest BCUT2D eigenvalue weighted by atomic mass is 35.5. The molecule has 1 rings (SSSR count). The van der Waals surface area contributed by atoms with E-state index in [1.165, 1.54) is 6.26 Å². The molecule has 0 bridgehead atoms. The lowest BCUT2D eigenvalue weighted by atomic mass is 9.94. The molecule has 0 aliphatic rings. The molecule has 0 aliphatic heterocycles. The molecule has 0 amide bonds. The first-order chi connectivity index (χ1) is 8.37. The standard InChI is InChI=1S/C13H20ClNO2S/c1-13(11-14,12-7-4-3-5-8-12)15-9-6-10-18(2,16)17/h3-5,7-8,15H,6,9-11H2,1-2H3. The van der Waals surface area contributed by atoms with Gasteiger partial charge in [-0.25, -0.2) is 8.42 Å². The summed E-state index contributed by atoms with van der Waals surface area (Å²) >= 11 is 6.03. The summed E-state index contributed by atoms with van der Waals surface area (Å²) in [5, 5.41) is 3.34. The topological polar surface area (TPSA) is 46.2 Å². The van der Waals surface area contributed by atoms with Crippen LogP contribution in [-0.2, 0) is 15.4 Å². The minimum Gasteiger partial charge on any atom is -0.307 e. The Morgan fingerprint density at radius 3 is 2.39 bits per heavy atom. The van der Waals surface area contributed by atoms with Crippen LogP contribution in [0.1, 0.15) is 18.9 Å². The third-order valence-electron chi connectivity index (χ3n) is 2.89. The molecule has 0 fully saturated rings. The summed E-state index contributed by atoms with van der Waals surface area (Å²) in [6.45, 7) is 2.65. The van der Waals surface area contributed by atoms with E-state index in [0.717, 1.165) is 5.56 Å². The number of hydrogen-bond donors (Lipinski definition) is 1. The van der Waals surface area contributed by atoms with E-state index in [1.807, 2.05) is 37.3 Å². The van der Waals surface area contributed by atoms with Crippen molar-refractivity contribution in [1.29, 1.82) is 0 Å². The molecule has 0 heterocycles. The number of nitrogens with one attached hydrogen (secondary N) is 1. The molecule has 0 spiro atoms. The van der Waals surface area contributed by atoms with Crippen LogP contribution in [0, 0.1) is 0 Å². The summed E-state index contributed by atoms with van der Waals surface area (Å²) in [4.78, 5) is 0. The van der Waals surface area contributed by atoms with Crippen molar-refractivity contribution in [2.24, 2.45) is 0 Å². The number of rotatable bonds is 7. The van der Waals surface area contributed by atoms with Gasteiger partial charge in [0.1, 0.15) is 9.84 Å². The SMILES string of the molecule is CC(CCl)(NCCCS(C)(=O)=O)c1ccccc1.